The molecule has 0 aliphatic carbocycles. The third-order valence-corrected chi connectivity index (χ3v) is 4.47. The maximum atomic E-state index is 7.00. The van der Waals surface area contributed by atoms with Crippen LogP contribution >= 0.6 is 0 Å². The average molecular weight is 721 g/mol. The topological polar surface area (TPSA) is 79.1 Å². The van der Waals surface area contributed by atoms with E-state index in [2.05, 4.69) is 33.2 Å². The summed E-state index contributed by atoms with van der Waals surface area (Å²) in [5.74, 6) is 0. The number of hydrogen-bond donors (Lipinski definition) is 2. The Morgan fingerprint density at radius 3 is 1.07 bits per heavy atom. The first-order chi connectivity index (χ1) is 19.9. The fraction of sp³-hybridized carbons (Fsp3) is 0.0571. The van der Waals surface area contributed by atoms with Crippen molar-refractivity contribution >= 4 is 0 Å². The Bertz CT molecular complexity index is 1070. The molecule has 0 unspecified atom stereocenters. The van der Waals surface area contributed by atoms with Gasteiger partial charge < -0.3 is 20.2 Å². The van der Waals surface area contributed by atoms with Crippen molar-refractivity contribution in [2.24, 2.45) is 0 Å². The van der Waals surface area contributed by atoms with E-state index in [4.69, 9.17) is 10.2 Å². The van der Waals surface area contributed by atoms with Crippen molar-refractivity contribution in [3.63, 3.8) is 0 Å². The van der Waals surface area contributed by atoms with Gasteiger partial charge in [-0.15, -0.1) is 71.8 Å². The van der Waals surface area contributed by atoms with Crippen LogP contribution in [0.1, 0.15) is 0 Å². The molecule has 3 aromatic heterocycles. The van der Waals surface area contributed by atoms with E-state index in [1.165, 1.54) is 0 Å². The van der Waals surface area contributed by atoms with Crippen LogP contribution in [0.3, 0.4) is 0 Å². The van der Waals surface area contributed by atoms with Crippen LogP contribution in [-0.4, -0.2) is 39.4 Å². The molecule has 0 aliphatic heterocycles. The van der Waals surface area contributed by atoms with Gasteiger partial charge in [-0.25, -0.2) is 0 Å². The van der Waals surface area contributed by atoms with Gasteiger partial charge in [0, 0.05) is 39.0 Å². The van der Waals surface area contributed by atoms with Crippen molar-refractivity contribution in [2.75, 3.05) is 14.2 Å². The van der Waals surface area contributed by atoms with Crippen LogP contribution in [0.25, 0.3) is 22.5 Å². The number of aromatic nitrogens is 3. The summed E-state index contributed by atoms with van der Waals surface area (Å²) in [7, 11) is 2.00. The van der Waals surface area contributed by atoms with Gasteiger partial charge >= 0.3 is 20.1 Å². The largest absolute Gasteiger partial charge is 3.00 e. The maximum absolute atomic E-state index is 7.00. The second kappa shape index (κ2) is 27.3. The van der Waals surface area contributed by atoms with Crippen LogP contribution < -0.4 is 0 Å². The number of nitrogens with zero attached hydrogens (tertiary/aromatic N) is 3. The first kappa shape index (κ1) is 36.7. The second-order valence-corrected chi connectivity index (χ2v) is 7.08. The van der Waals surface area contributed by atoms with E-state index in [1.54, 1.807) is 24.8 Å². The molecule has 3 aromatic carbocycles. The van der Waals surface area contributed by atoms with Gasteiger partial charge in [0.1, 0.15) is 0 Å². The van der Waals surface area contributed by atoms with E-state index >= 15 is 0 Å². The molecule has 0 aliphatic rings. The summed E-state index contributed by atoms with van der Waals surface area (Å²) in [6, 6.07) is 51.8. The summed E-state index contributed by atoms with van der Waals surface area (Å²) in [5.41, 5.74) is 4.02. The number of hydrogen-bond acceptors (Lipinski definition) is 5. The van der Waals surface area contributed by atoms with Crippen LogP contribution in [0.5, 0.6) is 0 Å². The standard InChI is InChI=1S/2C11H8N.C6H5.C5H5N.2CH4O.Ir/c2*1-2-6-10(7-3-1)11-8-4-5-9-12-11;2*1-2-4-6-5-3-1;2*1-2;/h2*1-6,8-9H;2*1-5H;2*2H,1H3;/q3*-1;;;;+3. The average Bonchev–Trinajstić information content (AvgIpc) is 3.11. The Morgan fingerprint density at radius 2 is 0.829 bits per heavy atom. The number of rotatable bonds is 2. The minimum absolute atomic E-state index is 0. The molecule has 2 N–H and O–H groups in total. The zero-order valence-corrected chi connectivity index (χ0v) is 25.5. The van der Waals surface area contributed by atoms with Crippen molar-refractivity contribution in [3.05, 3.63) is 176 Å². The molecule has 6 rings (SSSR count). The van der Waals surface area contributed by atoms with Crippen molar-refractivity contribution in [3.8, 4) is 22.5 Å². The van der Waals surface area contributed by atoms with Crippen LogP contribution in [0, 0.1) is 18.2 Å². The molecule has 0 saturated carbocycles. The summed E-state index contributed by atoms with van der Waals surface area (Å²) in [6.07, 6.45) is 7.08. The van der Waals surface area contributed by atoms with E-state index in [9.17, 15) is 0 Å². The molecule has 6 aromatic rings. The van der Waals surface area contributed by atoms with Crippen LogP contribution in [-0.2, 0) is 20.1 Å². The quantitative estimate of drug-likeness (QED) is 0.191. The number of benzene rings is 3. The molecule has 0 fully saturated rings. The summed E-state index contributed by atoms with van der Waals surface area (Å²) >= 11 is 0. The third kappa shape index (κ3) is 17.8. The van der Waals surface area contributed by atoms with Gasteiger partial charge in [0.2, 0.25) is 0 Å². The third-order valence-electron chi connectivity index (χ3n) is 4.47. The summed E-state index contributed by atoms with van der Waals surface area (Å²) in [5, 5.41) is 14.0. The van der Waals surface area contributed by atoms with E-state index in [0.717, 1.165) is 36.7 Å². The Balaban J connectivity index is 0.000000516. The molecule has 0 radical (unpaired) electrons. The molecular formula is C35H34IrN3O2. The maximum Gasteiger partial charge on any atom is 3.00 e. The molecule has 0 saturated heterocycles. The predicted octanol–water partition coefficient (Wildman–Crippen LogP) is 6.88. The van der Waals surface area contributed by atoms with Gasteiger partial charge in [-0.3, -0.25) is 4.98 Å². The van der Waals surface area contributed by atoms with Gasteiger partial charge in [0.25, 0.3) is 0 Å². The van der Waals surface area contributed by atoms with Gasteiger partial charge in [-0.2, -0.15) is 36.4 Å². The molecule has 0 spiro atoms. The summed E-state index contributed by atoms with van der Waals surface area (Å²) in [6.45, 7) is 0. The molecule has 41 heavy (non-hydrogen) atoms. The molecule has 6 heteroatoms. The van der Waals surface area contributed by atoms with E-state index in [1.807, 2.05) is 133 Å². The van der Waals surface area contributed by atoms with E-state index in [-0.39, 0.29) is 20.1 Å². The zero-order valence-electron chi connectivity index (χ0n) is 23.1. The summed E-state index contributed by atoms with van der Waals surface area (Å²) in [4.78, 5) is 12.2. The van der Waals surface area contributed by atoms with E-state index in [0.29, 0.717) is 0 Å². The smallest absolute Gasteiger partial charge is 0.400 e. The summed E-state index contributed by atoms with van der Waals surface area (Å²) < 4.78 is 0. The fourth-order valence-electron chi connectivity index (χ4n) is 2.80. The van der Waals surface area contributed by atoms with Crippen molar-refractivity contribution < 1.29 is 30.3 Å². The first-order valence-corrected chi connectivity index (χ1v) is 12.4. The van der Waals surface area contributed by atoms with Gasteiger partial charge in [-0.1, -0.05) is 30.3 Å². The van der Waals surface area contributed by atoms with E-state index < -0.39 is 0 Å². The normalized spacial score (nSPS) is 8.29. The van der Waals surface area contributed by atoms with Crippen LogP contribution in [0.15, 0.2) is 158 Å². The molecule has 0 atom stereocenters. The molecule has 5 nitrogen and oxygen atoms in total. The molecule has 210 valence electrons. The minimum atomic E-state index is 0. The van der Waals surface area contributed by atoms with Crippen molar-refractivity contribution in [1.82, 2.24) is 15.0 Å². The molecule has 0 amide bonds. The Kier molecular flexibility index (Phi) is 24.4. The molecule has 0 bridgehead atoms. The van der Waals surface area contributed by atoms with Crippen LogP contribution in [0.4, 0.5) is 0 Å². The predicted molar refractivity (Wildman–Crippen MR) is 163 cm³/mol. The monoisotopic (exact) mass is 721 g/mol. The van der Waals surface area contributed by atoms with Gasteiger partial charge in [0.15, 0.2) is 0 Å². The zero-order chi connectivity index (χ0) is 28.9. The van der Waals surface area contributed by atoms with Gasteiger partial charge in [0.05, 0.1) is 0 Å². The molecule has 3 heterocycles. The van der Waals surface area contributed by atoms with Gasteiger partial charge in [-0.05, 0) is 35.7 Å². The minimum Gasteiger partial charge on any atom is -0.400 e. The van der Waals surface area contributed by atoms with Crippen molar-refractivity contribution in [1.29, 1.82) is 0 Å². The Hall–Kier alpha value is -4.32. The number of pyridine rings is 3. The van der Waals surface area contributed by atoms with Crippen LogP contribution in [0.2, 0.25) is 0 Å². The first-order valence-electron chi connectivity index (χ1n) is 12.4. The SMILES string of the molecule is CO.CO.[Ir+3].[c-]1ccccc1.[c-]1ccccc1-c1ccccn1.[c-]1ccccc1-c1ccccn1.c1ccncc1. The second-order valence-electron chi connectivity index (χ2n) is 7.08. The Labute approximate surface area is 257 Å². The molecular weight excluding hydrogens is 687 g/mol. The van der Waals surface area contributed by atoms with Crippen molar-refractivity contribution in [2.45, 2.75) is 0 Å². The fourth-order valence-corrected chi connectivity index (χ4v) is 2.80. The Morgan fingerprint density at radius 1 is 0.439 bits per heavy atom. The number of aliphatic hydroxyl groups excluding tert-OH is 2. The number of aliphatic hydroxyl groups is 2.